The van der Waals surface area contributed by atoms with Crippen LogP contribution in [0.3, 0.4) is 0 Å². The number of dihydropyridines is 1. The van der Waals surface area contributed by atoms with Crippen molar-refractivity contribution in [3.63, 3.8) is 0 Å². The van der Waals surface area contributed by atoms with Gasteiger partial charge >= 0.3 is 11.9 Å². The molecule has 1 heterocycles. The highest BCUT2D eigenvalue weighted by atomic mass is 16.6. The number of nitrogens with zero attached hydrogens (tertiary/aromatic N) is 1. The van der Waals surface area contributed by atoms with Gasteiger partial charge in [-0.15, -0.1) is 0 Å². The summed E-state index contributed by atoms with van der Waals surface area (Å²) in [6, 6.07) is 5.96. The van der Waals surface area contributed by atoms with E-state index in [1.807, 2.05) is 0 Å². The zero-order chi connectivity index (χ0) is 18.4. The minimum Gasteiger partial charge on any atom is -0.463 e. The Balaban J connectivity index is 2.58. The van der Waals surface area contributed by atoms with E-state index in [9.17, 15) is 19.7 Å². The Hall–Kier alpha value is -3.16. The average Bonchev–Trinajstić information content (AvgIpc) is 2.61. The number of benzene rings is 1. The van der Waals surface area contributed by atoms with Crippen LogP contribution in [0.4, 0.5) is 5.69 Å². The van der Waals surface area contributed by atoms with Crippen molar-refractivity contribution in [2.45, 2.75) is 19.8 Å². The number of carbonyl (C=O) groups is 2. The Bertz CT molecular complexity index is 719. The van der Waals surface area contributed by atoms with E-state index in [4.69, 9.17) is 9.47 Å². The number of esters is 2. The van der Waals surface area contributed by atoms with Crippen LogP contribution in [0.25, 0.3) is 0 Å². The van der Waals surface area contributed by atoms with Crippen LogP contribution in [0.1, 0.15) is 25.3 Å². The lowest BCUT2D eigenvalue weighted by atomic mass is 9.83. The summed E-state index contributed by atoms with van der Waals surface area (Å²) in [7, 11) is 0. The van der Waals surface area contributed by atoms with Gasteiger partial charge in [0, 0.05) is 24.0 Å². The molecule has 0 saturated carbocycles. The van der Waals surface area contributed by atoms with Gasteiger partial charge in [-0.2, -0.15) is 0 Å². The number of nitrogens with one attached hydrogen (secondary N) is 1. The van der Waals surface area contributed by atoms with Gasteiger partial charge in [0.15, 0.2) is 0 Å². The van der Waals surface area contributed by atoms with Gasteiger partial charge in [-0.3, -0.25) is 10.1 Å². The summed E-state index contributed by atoms with van der Waals surface area (Å²) < 4.78 is 10.1. The largest absolute Gasteiger partial charge is 0.463 e. The molecule has 2 rings (SSSR count). The first-order valence-electron chi connectivity index (χ1n) is 7.74. The SMILES string of the molecule is CCOC(=O)C1=CNC=C(C(=O)OCC)C1c1ccccc1[N+](=O)[O-]. The van der Waals surface area contributed by atoms with Crippen molar-refractivity contribution in [3.05, 3.63) is 63.5 Å². The summed E-state index contributed by atoms with van der Waals surface area (Å²) in [5, 5.41) is 14.1. The molecule has 1 aromatic rings. The molecular formula is C17H18N2O6. The molecule has 1 aliphatic rings. The van der Waals surface area contributed by atoms with E-state index in [-0.39, 0.29) is 35.6 Å². The molecule has 132 valence electrons. The predicted molar refractivity (Wildman–Crippen MR) is 88.4 cm³/mol. The number of nitro groups is 1. The number of ether oxygens (including phenoxy) is 2. The molecule has 1 aromatic carbocycles. The summed E-state index contributed by atoms with van der Waals surface area (Å²) in [5.74, 6) is -2.28. The first-order valence-corrected chi connectivity index (χ1v) is 7.74. The third kappa shape index (κ3) is 3.85. The number of para-hydroxylation sites is 1. The fourth-order valence-electron chi connectivity index (χ4n) is 2.57. The highest BCUT2D eigenvalue weighted by Gasteiger charge is 2.37. The zero-order valence-corrected chi connectivity index (χ0v) is 13.9. The maximum Gasteiger partial charge on any atom is 0.336 e. The molecule has 0 atom stereocenters. The van der Waals surface area contributed by atoms with Crippen molar-refractivity contribution in [3.8, 4) is 0 Å². The van der Waals surface area contributed by atoms with Crippen molar-refractivity contribution >= 4 is 17.6 Å². The van der Waals surface area contributed by atoms with Gasteiger partial charge in [0.25, 0.3) is 5.69 Å². The topological polar surface area (TPSA) is 108 Å². The van der Waals surface area contributed by atoms with Gasteiger partial charge in [-0.05, 0) is 13.8 Å². The van der Waals surface area contributed by atoms with Crippen LogP contribution in [0.15, 0.2) is 47.8 Å². The van der Waals surface area contributed by atoms with Crippen LogP contribution < -0.4 is 5.32 Å². The van der Waals surface area contributed by atoms with E-state index in [0.29, 0.717) is 0 Å². The summed E-state index contributed by atoms with van der Waals surface area (Å²) in [6.07, 6.45) is 2.75. The number of rotatable bonds is 6. The molecule has 0 bridgehead atoms. The summed E-state index contributed by atoms with van der Waals surface area (Å²) >= 11 is 0. The van der Waals surface area contributed by atoms with Gasteiger partial charge in [0.05, 0.1) is 35.2 Å². The summed E-state index contributed by atoms with van der Waals surface area (Å²) in [5.41, 5.74) is 0.218. The zero-order valence-electron chi connectivity index (χ0n) is 13.9. The van der Waals surface area contributed by atoms with E-state index < -0.39 is 22.8 Å². The van der Waals surface area contributed by atoms with Crippen molar-refractivity contribution in [1.82, 2.24) is 5.32 Å². The second-order valence-electron chi connectivity index (χ2n) is 5.06. The van der Waals surface area contributed by atoms with Gasteiger partial charge in [0.2, 0.25) is 0 Å². The highest BCUT2D eigenvalue weighted by Crippen LogP contribution is 2.39. The van der Waals surface area contributed by atoms with E-state index in [0.717, 1.165) is 0 Å². The van der Waals surface area contributed by atoms with Gasteiger partial charge < -0.3 is 14.8 Å². The molecule has 0 spiro atoms. The molecule has 25 heavy (non-hydrogen) atoms. The summed E-state index contributed by atoms with van der Waals surface area (Å²) in [4.78, 5) is 35.5. The van der Waals surface area contributed by atoms with Crippen LogP contribution in [0.5, 0.6) is 0 Å². The number of nitro benzene ring substituents is 1. The lowest BCUT2D eigenvalue weighted by Crippen LogP contribution is -2.27. The van der Waals surface area contributed by atoms with E-state index in [2.05, 4.69) is 5.32 Å². The first kappa shape index (κ1) is 18.2. The molecule has 1 aliphatic heterocycles. The Morgan fingerprint density at radius 1 is 1.08 bits per heavy atom. The normalized spacial score (nSPS) is 14.0. The smallest absolute Gasteiger partial charge is 0.336 e. The third-order valence-electron chi connectivity index (χ3n) is 3.57. The molecule has 8 nitrogen and oxygen atoms in total. The summed E-state index contributed by atoms with van der Waals surface area (Å²) in [6.45, 7) is 3.57. The van der Waals surface area contributed by atoms with Crippen LogP contribution in [-0.4, -0.2) is 30.1 Å². The molecule has 0 amide bonds. The molecule has 0 aliphatic carbocycles. The fourth-order valence-corrected chi connectivity index (χ4v) is 2.57. The second-order valence-corrected chi connectivity index (χ2v) is 5.06. The van der Waals surface area contributed by atoms with Crippen LogP contribution in [0, 0.1) is 10.1 Å². The minimum atomic E-state index is -0.957. The molecule has 1 N–H and O–H groups in total. The fraction of sp³-hybridized carbons (Fsp3) is 0.294. The van der Waals surface area contributed by atoms with Crippen LogP contribution in [-0.2, 0) is 19.1 Å². The average molecular weight is 346 g/mol. The second kappa shape index (κ2) is 8.09. The highest BCUT2D eigenvalue weighted by molar-refractivity contribution is 5.99. The number of hydrogen-bond donors (Lipinski definition) is 1. The molecule has 0 radical (unpaired) electrons. The standard InChI is InChI=1S/C17H18N2O6/c1-3-24-16(20)12-9-18-10-13(17(21)25-4-2)15(12)11-7-5-6-8-14(11)19(22)23/h5-10,15,18H,3-4H2,1-2H3. The van der Waals surface area contributed by atoms with E-state index in [1.165, 1.54) is 30.6 Å². The Kier molecular flexibility index (Phi) is 5.89. The third-order valence-corrected chi connectivity index (χ3v) is 3.57. The van der Waals surface area contributed by atoms with Crippen molar-refractivity contribution in [2.24, 2.45) is 0 Å². The molecular weight excluding hydrogens is 328 g/mol. The first-order chi connectivity index (χ1) is 12.0. The predicted octanol–water partition coefficient (Wildman–Crippen LogP) is 2.18. The van der Waals surface area contributed by atoms with Gasteiger partial charge in [-0.1, -0.05) is 18.2 Å². The quantitative estimate of drug-likeness (QED) is 0.478. The molecule has 0 aromatic heterocycles. The number of hydrogen-bond acceptors (Lipinski definition) is 7. The van der Waals surface area contributed by atoms with Crippen LogP contribution >= 0.6 is 0 Å². The molecule has 0 saturated heterocycles. The molecule has 8 heteroatoms. The molecule has 0 fully saturated rings. The van der Waals surface area contributed by atoms with Crippen LogP contribution in [0.2, 0.25) is 0 Å². The van der Waals surface area contributed by atoms with Crippen molar-refractivity contribution in [1.29, 1.82) is 0 Å². The van der Waals surface area contributed by atoms with E-state index >= 15 is 0 Å². The monoisotopic (exact) mass is 346 g/mol. The molecule has 0 unspecified atom stereocenters. The lowest BCUT2D eigenvalue weighted by Gasteiger charge is -2.24. The van der Waals surface area contributed by atoms with Gasteiger partial charge in [-0.25, -0.2) is 9.59 Å². The number of carbonyl (C=O) groups excluding carboxylic acids is 2. The van der Waals surface area contributed by atoms with Crippen molar-refractivity contribution in [2.75, 3.05) is 13.2 Å². The Morgan fingerprint density at radius 3 is 2.08 bits per heavy atom. The Labute approximate surface area is 144 Å². The maximum absolute atomic E-state index is 12.3. The maximum atomic E-state index is 12.3. The van der Waals surface area contributed by atoms with Gasteiger partial charge in [0.1, 0.15) is 0 Å². The van der Waals surface area contributed by atoms with Crippen molar-refractivity contribution < 1.29 is 24.0 Å². The Morgan fingerprint density at radius 2 is 1.60 bits per heavy atom. The minimum absolute atomic E-state index is 0.0988. The van der Waals surface area contributed by atoms with E-state index in [1.54, 1.807) is 19.9 Å². The lowest BCUT2D eigenvalue weighted by molar-refractivity contribution is -0.385.